The van der Waals surface area contributed by atoms with Gasteiger partial charge in [0.05, 0.1) is 16.5 Å². The second kappa shape index (κ2) is 3.71. The minimum Gasteiger partial charge on any atom is -0.448 e. The Bertz CT molecular complexity index is 566. The van der Waals surface area contributed by atoms with Crippen molar-refractivity contribution in [2.24, 2.45) is 0 Å². The van der Waals surface area contributed by atoms with E-state index in [1.807, 2.05) is 0 Å². The Morgan fingerprint density at radius 3 is 3.00 bits per heavy atom. The Labute approximate surface area is 104 Å². The number of aromatic nitrogens is 2. The summed E-state index contributed by atoms with van der Waals surface area (Å²) in [7, 11) is 0. The van der Waals surface area contributed by atoms with Crippen molar-refractivity contribution in [1.29, 1.82) is 0 Å². The summed E-state index contributed by atoms with van der Waals surface area (Å²) >= 11 is 3.60. The molecule has 1 aromatic heterocycles. The van der Waals surface area contributed by atoms with Crippen LogP contribution in [-0.4, -0.2) is 27.2 Å². The van der Waals surface area contributed by atoms with Gasteiger partial charge in [-0.1, -0.05) is 15.9 Å². The number of hydrogen-bond acceptors (Lipinski definition) is 4. The molecule has 17 heavy (non-hydrogen) atoms. The number of rotatable bonds is 0. The van der Waals surface area contributed by atoms with Crippen LogP contribution in [0.3, 0.4) is 0 Å². The van der Waals surface area contributed by atoms with Crippen LogP contribution < -0.4 is 16.0 Å². The zero-order chi connectivity index (χ0) is 12.0. The molecule has 7 heteroatoms. The molecule has 2 atom stereocenters. The first-order chi connectivity index (χ1) is 8.08. The summed E-state index contributed by atoms with van der Waals surface area (Å²) in [6.07, 6.45) is 1.82. The summed E-state index contributed by atoms with van der Waals surface area (Å²) in [6.45, 7) is 0.626. The third-order valence-electron chi connectivity index (χ3n) is 3.13. The molecule has 1 aromatic rings. The normalized spacial score (nSPS) is 31.2. The second-order valence-electron chi connectivity index (χ2n) is 4.35. The Morgan fingerprint density at radius 2 is 2.18 bits per heavy atom. The Balaban J connectivity index is 2.10. The molecular formula is C10H11BrN2O4. The van der Waals surface area contributed by atoms with Gasteiger partial charge in [-0.2, -0.15) is 0 Å². The van der Waals surface area contributed by atoms with E-state index in [9.17, 15) is 9.59 Å². The minimum absolute atomic E-state index is 0.223. The van der Waals surface area contributed by atoms with Gasteiger partial charge in [0.1, 0.15) is 0 Å². The van der Waals surface area contributed by atoms with Crippen molar-refractivity contribution in [3.63, 3.8) is 0 Å². The van der Waals surface area contributed by atoms with E-state index in [0.717, 1.165) is 12.8 Å². The van der Waals surface area contributed by atoms with Gasteiger partial charge in [0.2, 0.25) is 12.2 Å². The summed E-state index contributed by atoms with van der Waals surface area (Å²) in [5, 5.41) is 0. The summed E-state index contributed by atoms with van der Waals surface area (Å²) in [5.41, 5.74) is -0.499. The fraction of sp³-hybridized carbons (Fsp3) is 0.600. The molecule has 3 heterocycles. The van der Waals surface area contributed by atoms with Gasteiger partial charge in [0.15, 0.2) is 0 Å². The van der Waals surface area contributed by atoms with Gasteiger partial charge in [0.25, 0.3) is 5.56 Å². The Morgan fingerprint density at radius 1 is 1.35 bits per heavy atom. The number of nitrogens with one attached hydrogen (secondary N) is 2. The van der Waals surface area contributed by atoms with E-state index in [0.29, 0.717) is 18.6 Å². The van der Waals surface area contributed by atoms with E-state index in [1.54, 1.807) is 0 Å². The van der Waals surface area contributed by atoms with Gasteiger partial charge < -0.3 is 9.47 Å². The molecule has 2 N–H and O–H groups in total. The number of aromatic amines is 2. The van der Waals surface area contributed by atoms with Crippen LogP contribution in [0.25, 0.3) is 0 Å². The zero-order valence-corrected chi connectivity index (χ0v) is 10.5. The van der Waals surface area contributed by atoms with Crippen molar-refractivity contribution < 1.29 is 9.47 Å². The second-order valence-corrected chi connectivity index (χ2v) is 5.93. The molecule has 0 bridgehead atoms. The van der Waals surface area contributed by atoms with Crippen LogP contribution in [-0.2, 0) is 11.2 Å². The van der Waals surface area contributed by atoms with E-state index in [1.165, 1.54) is 0 Å². The molecule has 1 fully saturated rings. The first-order valence-corrected chi connectivity index (χ1v) is 6.20. The van der Waals surface area contributed by atoms with Crippen LogP contribution in [0.4, 0.5) is 0 Å². The van der Waals surface area contributed by atoms with Crippen molar-refractivity contribution in [3.8, 4) is 5.88 Å². The predicted octanol–water partition coefficient (Wildman–Crippen LogP) is 0.268. The standard InChI is InChI=1S/C10H11BrN2O4/c11-10-2-1-3-16-8(10)17-7-5(4-10)6(14)12-9(15)13-7/h8H,1-4H2,(H2,12,13,14,15)/t8-,10+/m0/s1. The van der Waals surface area contributed by atoms with Crippen LogP contribution in [0, 0.1) is 0 Å². The molecule has 6 nitrogen and oxygen atoms in total. The molecule has 0 spiro atoms. The lowest BCUT2D eigenvalue weighted by molar-refractivity contribution is -0.135. The molecule has 3 rings (SSSR count). The number of fused-ring (bicyclic) bond motifs is 2. The maximum atomic E-state index is 11.7. The van der Waals surface area contributed by atoms with E-state index < -0.39 is 17.5 Å². The quantitative estimate of drug-likeness (QED) is 0.674. The van der Waals surface area contributed by atoms with Crippen molar-refractivity contribution in [2.75, 3.05) is 6.61 Å². The average Bonchev–Trinajstić information content (AvgIpc) is 2.27. The third-order valence-corrected chi connectivity index (χ3v) is 4.18. The SMILES string of the molecule is O=c1[nH]c2c(c(=O)[nH]1)C[C@]1(Br)CCCO[C@H]1O2. The highest BCUT2D eigenvalue weighted by molar-refractivity contribution is 9.10. The topological polar surface area (TPSA) is 84.2 Å². The fourth-order valence-electron chi connectivity index (χ4n) is 2.29. The third kappa shape index (κ3) is 1.73. The molecule has 2 aliphatic rings. The lowest BCUT2D eigenvalue weighted by Gasteiger charge is -2.42. The number of alkyl halides is 1. The summed E-state index contributed by atoms with van der Waals surface area (Å²) in [4.78, 5) is 27.5. The number of H-pyrrole nitrogens is 2. The van der Waals surface area contributed by atoms with Crippen LogP contribution >= 0.6 is 15.9 Å². The van der Waals surface area contributed by atoms with Crippen molar-refractivity contribution >= 4 is 15.9 Å². The highest BCUT2D eigenvalue weighted by Crippen LogP contribution is 2.41. The molecule has 1 saturated heterocycles. The predicted molar refractivity (Wildman–Crippen MR) is 62.6 cm³/mol. The average molecular weight is 303 g/mol. The first-order valence-electron chi connectivity index (χ1n) is 5.41. The number of halogens is 1. The summed E-state index contributed by atoms with van der Waals surface area (Å²) < 4.78 is 10.7. The van der Waals surface area contributed by atoms with Crippen molar-refractivity contribution in [1.82, 2.24) is 9.97 Å². The smallest absolute Gasteiger partial charge is 0.328 e. The van der Waals surface area contributed by atoms with Crippen molar-refractivity contribution in [3.05, 3.63) is 26.4 Å². The Kier molecular flexibility index (Phi) is 2.41. The number of ether oxygens (including phenoxy) is 2. The molecule has 0 aliphatic carbocycles. The maximum absolute atomic E-state index is 11.7. The van der Waals surface area contributed by atoms with Gasteiger partial charge in [-0.25, -0.2) is 4.79 Å². The lowest BCUT2D eigenvalue weighted by atomic mass is 9.91. The minimum atomic E-state index is -0.563. The Hall–Kier alpha value is -1.08. The van der Waals surface area contributed by atoms with Gasteiger partial charge in [-0.15, -0.1) is 0 Å². The molecule has 92 valence electrons. The zero-order valence-electron chi connectivity index (χ0n) is 8.92. The van der Waals surface area contributed by atoms with Crippen LogP contribution in [0.5, 0.6) is 5.88 Å². The van der Waals surface area contributed by atoms with Gasteiger partial charge in [-0.05, 0) is 12.8 Å². The van der Waals surface area contributed by atoms with Gasteiger partial charge in [0, 0.05) is 6.42 Å². The van der Waals surface area contributed by atoms with E-state index in [2.05, 4.69) is 25.9 Å². The summed E-state index contributed by atoms with van der Waals surface area (Å²) in [6, 6.07) is 0. The van der Waals surface area contributed by atoms with E-state index >= 15 is 0 Å². The van der Waals surface area contributed by atoms with Crippen LogP contribution in [0.15, 0.2) is 9.59 Å². The maximum Gasteiger partial charge on any atom is 0.328 e. The lowest BCUT2D eigenvalue weighted by Crippen LogP contribution is -2.52. The molecular weight excluding hydrogens is 292 g/mol. The van der Waals surface area contributed by atoms with Crippen LogP contribution in [0.2, 0.25) is 0 Å². The molecule has 0 unspecified atom stereocenters. The van der Waals surface area contributed by atoms with Crippen LogP contribution in [0.1, 0.15) is 18.4 Å². The largest absolute Gasteiger partial charge is 0.448 e. The molecule has 0 saturated carbocycles. The molecule has 0 radical (unpaired) electrons. The van der Waals surface area contributed by atoms with E-state index in [-0.39, 0.29) is 10.2 Å². The van der Waals surface area contributed by atoms with Gasteiger partial charge in [-0.3, -0.25) is 14.8 Å². The molecule has 2 aliphatic heterocycles. The van der Waals surface area contributed by atoms with Crippen molar-refractivity contribution in [2.45, 2.75) is 29.9 Å². The monoisotopic (exact) mass is 302 g/mol. The summed E-state index contributed by atoms with van der Waals surface area (Å²) in [5.74, 6) is 0.223. The first kappa shape index (κ1) is 11.0. The number of hydrogen-bond donors (Lipinski definition) is 2. The molecule has 0 amide bonds. The fourth-order valence-corrected chi connectivity index (χ4v) is 3.07. The van der Waals surface area contributed by atoms with Gasteiger partial charge >= 0.3 is 5.69 Å². The van der Waals surface area contributed by atoms with E-state index in [4.69, 9.17) is 9.47 Å². The highest BCUT2D eigenvalue weighted by Gasteiger charge is 2.46. The molecule has 0 aromatic carbocycles. The highest BCUT2D eigenvalue weighted by atomic mass is 79.9.